The molecule has 0 aromatic carbocycles. The Morgan fingerprint density at radius 2 is 2.24 bits per heavy atom. The van der Waals surface area contributed by atoms with Crippen molar-refractivity contribution in [1.82, 2.24) is 29.9 Å². The van der Waals surface area contributed by atoms with Crippen LogP contribution in [-0.2, 0) is 17.7 Å². The van der Waals surface area contributed by atoms with Gasteiger partial charge in [-0.15, -0.1) is 0 Å². The molecule has 0 saturated carbocycles. The van der Waals surface area contributed by atoms with E-state index in [4.69, 9.17) is 4.74 Å². The van der Waals surface area contributed by atoms with Gasteiger partial charge in [-0.3, -0.25) is 14.7 Å². The first-order valence-electron chi connectivity index (χ1n) is 8.52. The number of carbonyl (C=O) groups excluding carboxylic acids is 1. The molecule has 1 atom stereocenters. The van der Waals surface area contributed by atoms with Gasteiger partial charge in [0, 0.05) is 25.6 Å². The maximum absolute atomic E-state index is 12.7. The predicted octanol–water partition coefficient (Wildman–Crippen LogP) is 0.547. The molecule has 0 aliphatic carbocycles. The molecule has 2 aromatic heterocycles. The van der Waals surface area contributed by atoms with E-state index in [9.17, 15) is 9.59 Å². The fourth-order valence-electron chi connectivity index (χ4n) is 2.70. The van der Waals surface area contributed by atoms with Gasteiger partial charge < -0.3 is 9.64 Å². The summed E-state index contributed by atoms with van der Waals surface area (Å²) < 4.78 is 7.03. The summed E-state index contributed by atoms with van der Waals surface area (Å²) in [6, 6.07) is 2.86. The molecule has 1 fully saturated rings. The van der Waals surface area contributed by atoms with Crippen molar-refractivity contribution >= 4 is 5.91 Å². The van der Waals surface area contributed by atoms with Gasteiger partial charge in [0.25, 0.3) is 11.5 Å². The van der Waals surface area contributed by atoms with Gasteiger partial charge in [0.2, 0.25) is 0 Å². The summed E-state index contributed by atoms with van der Waals surface area (Å²) in [7, 11) is 0. The Kier molecular flexibility index (Phi) is 5.22. The molecule has 1 aliphatic rings. The van der Waals surface area contributed by atoms with E-state index in [-0.39, 0.29) is 23.3 Å². The van der Waals surface area contributed by atoms with Gasteiger partial charge in [0.05, 0.1) is 13.2 Å². The monoisotopic (exact) mass is 346 g/mol. The second-order valence-electron chi connectivity index (χ2n) is 5.88. The van der Waals surface area contributed by atoms with E-state index in [1.165, 1.54) is 16.8 Å². The molecule has 3 heterocycles. The number of H-pyrrole nitrogens is 1. The molecule has 1 saturated heterocycles. The first-order valence-corrected chi connectivity index (χ1v) is 8.52. The van der Waals surface area contributed by atoms with E-state index < -0.39 is 0 Å². The molecule has 1 N–H and O–H groups in total. The van der Waals surface area contributed by atoms with Crippen molar-refractivity contribution < 1.29 is 9.53 Å². The van der Waals surface area contributed by atoms with Crippen molar-refractivity contribution in [2.24, 2.45) is 0 Å². The van der Waals surface area contributed by atoms with E-state index in [0.29, 0.717) is 32.1 Å². The molecule has 9 nitrogen and oxygen atoms in total. The molecular weight excluding hydrogens is 324 g/mol. The Hall–Kier alpha value is -2.55. The number of hydrogen-bond donors (Lipinski definition) is 1. The highest BCUT2D eigenvalue weighted by atomic mass is 16.5. The number of hydrogen-bond acceptors (Lipinski definition) is 6. The predicted molar refractivity (Wildman–Crippen MR) is 89.1 cm³/mol. The van der Waals surface area contributed by atoms with Crippen LogP contribution in [0.2, 0.25) is 0 Å². The largest absolute Gasteiger partial charge is 0.366 e. The summed E-state index contributed by atoms with van der Waals surface area (Å²) in [5.41, 5.74) is 0.0593. The number of ether oxygens (including phenoxy) is 1. The molecule has 0 radical (unpaired) electrons. The lowest BCUT2D eigenvalue weighted by Gasteiger charge is -2.31. The third kappa shape index (κ3) is 3.76. The fourth-order valence-corrected chi connectivity index (χ4v) is 2.70. The van der Waals surface area contributed by atoms with Gasteiger partial charge in [0.15, 0.2) is 5.82 Å². The van der Waals surface area contributed by atoms with Crippen molar-refractivity contribution in [1.29, 1.82) is 0 Å². The highest BCUT2D eigenvalue weighted by Crippen LogP contribution is 2.20. The smallest absolute Gasteiger partial charge is 0.274 e. The van der Waals surface area contributed by atoms with Gasteiger partial charge >= 0.3 is 0 Å². The Bertz CT molecular complexity index is 799. The van der Waals surface area contributed by atoms with Gasteiger partial charge in [0.1, 0.15) is 17.6 Å². The second kappa shape index (κ2) is 7.56. The minimum atomic E-state index is -0.365. The quantitative estimate of drug-likeness (QED) is 0.847. The molecule has 0 spiro atoms. The zero-order chi connectivity index (χ0) is 17.8. The molecule has 3 rings (SSSR count). The van der Waals surface area contributed by atoms with E-state index in [0.717, 1.165) is 18.7 Å². The molecule has 9 heteroatoms. The van der Waals surface area contributed by atoms with E-state index in [1.54, 1.807) is 4.90 Å². The standard InChI is InChI=1S/C16H22N6O3/c1-3-7-22-14(23)6-5-11(20-22)16(24)21-8-9-25-12(10-21)15-17-13(4-2)18-19-15/h5-6,12H,3-4,7-10H2,1-2H3,(H,17,18,19). The number of aryl methyl sites for hydroxylation is 2. The van der Waals surface area contributed by atoms with Crippen LogP contribution in [-0.4, -0.2) is 55.5 Å². The van der Waals surface area contributed by atoms with Crippen molar-refractivity contribution in [3.63, 3.8) is 0 Å². The first-order chi connectivity index (χ1) is 12.1. The van der Waals surface area contributed by atoms with Crippen LogP contribution in [0.5, 0.6) is 0 Å². The molecular formula is C16H22N6O3. The molecule has 0 bridgehead atoms. The normalized spacial score (nSPS) is 17.7. The fraction of sp³-hybridized carbons (Fsp3) is 0.562. The zero-order valence-electron chi connectivity index (χ0n) is 14.4. The number of nitrogens with one attached hydrogen (secondary N) is 1. The number of carbonyl (C=O) groups is 1. The summed E-state index contributed by atoms with van der Waals surface area (Å²) in [6.45, 7) is 5.66. The zero-order valence-corrected chi connectivity index (χ0v) is 14.4. The van der Waals surface area contributed by atoms with Gasteiger partial charge in [-0.05, 0) is 12.5 Å². The van der Waals surface area contributed by atoms with E-state index in [2.05, 4.69) is 20.3 Å². The van der Waals surface area contributed by atoms with Crippen LogP contribution < -0.4 is 5.56 Å². The van der Waals surface area contributed by atoms with Crippen LogP contribution >= 0.6 is 0 Å². The number of amides is 1. The number of aromatic amines is 1. The van der Waals surface area contributed by atoms with E-state index >= 15 is 0 Å². The van der Waals surface area contributed by atoms with Gasteiger partial charge in [-0.2, -0.15) is 10.2 Å². The summed E-state index contributed by atoms with van der Waals surface area (Å²) in [5.74, 6) is 1.12. The summed E-state index contributed by atoms with van der Waals surface area (Å²) in [5, 5.41) is 11.2. The lowest BCUT2D eigenvalue weighted by molar-refractivity contribution is -0.0269. The number of rotatable bonds is 5. The second-order valence-corrected chi connectivity index (χ2v) is 5.88. The van der Waals surface area contributed by atoms with Crippen LogP contribution in [0.3, 0.4) is 0 Å². The van der Waals surface area contributed by atoms with Gasteiger partial charge in [-0.25, -0.2) is 9.67 Å². The molecule has 1 unspecified atom stereocenters. The van der Waals surface area contributed by atoms with Crippen molar-refractivity contribution in [3.05, 3.63) is 39.8 Å². The van der Waals surface area contributed by atoms with E-state index in [1.807, 2.05) is 13.8 Å². The van der Waals surface area contributed by atoms with Crippen LogP contribution in [0.4, 0.5) is 0 Å². The lowest BCUT2D eigenvalue weighted by Crippen LogP contribution is -2.43. The van der Waals surface area contributed by atoms with Crippen LogP contribution in [0.25, 0.3) is 0 Å². The number of nitrogens with zero attached hydrogens (tertiary/aromatic N) is 5. The molecule has 1 aliphatic heterocycles. The van der Waals surface area contributed by atoms with Crippen LogP contribution in [0.15, 0.2) is 16.9 Å². The van der Waals surface area contributed by atoms with Crippen molar-refractivity contribution in [2.45, 2.75) is 39.3 Å². The summed E-state index contributed by atoms with van der Waals surface area (Å²) in [6.07, 6.45) is 1.16. The topological polar surface area (TPSA) is 106 Å². The maximum Gasteiger partial charge on any atom is 0.274 e. The van der Waals surface area contributed by atoms with Crippen LogP contribution in [0.1, 0.15) is 48.5 Å². The molecule has 2 aromatic rings. The SMILES string of the molecule is CCCn1nc(C(=O)N2CCOC(c3n[nH]c(CC)n3)C2)ccc1=O. The third-order valence-corrected chi connectivity index (χ3v) is 4.05. The summed E-state index contributed by atoms with van der Waals surface area (Å²) in [4.78, 5) is 30.6. The van der Waals surface area contributed by atoms with Crippen molar-refractivity contribution in [2.75, 3.05) is 19.7 Å². The average molecular weight is 346 g/mol. The molecule has 25 heavy (non-hydrogen) atoms. The molecule has 1 amide bonds. The first kappa shape index (κ1) is 17.3. The Labute approximate surface area is 145 Å². The summed E-state index contributed by atoms with van der Waals surface area (Å²) >= 11 is 0. The number of aromatic nitrogens is 5. The average Bonchev–Trinajstić information content (AvgIpc) is 3.12. The Morgan fingerprint density at radius 3 is 2.96 bits per heavy atom. The van der Waals surface area contributed by atoms with Crippen molar-refractivity contribution in [3.8, 4) is 0 Å². The lowest BCUT2D eigenvalue weighted by atomic mass is 10.2. The number of morpholine rings is 1. The Morgan fingerprint density at radius 1 is 1.40 bits per heavy atom. The van der Waals surface area contributed by atoms with Gasteiger partial charge in [-0.1, -0.05) is 13.8 Å². The minimum absolute atomic E-state index is 0.203. The maximum atomic E-state index is 12.7. The van der Waals surface area contributed by atoms with Crippen LogP contribution in [0, 0.1) is 0 Å². The molecule has 134 valence electrons. The highest BCUT2D eigenvalue weighted by molar-refractivity contribution is 5.92. The Balaban J connectivity index is 1.75. The minimum Gasteiger partial charge on any atom is -0.366 e. The highest BCUT2D eigenvalue weighted by Gasteiger charge is 2.29. The third-order valence-electron chi connectivity index (χ3n) is 4.05.